The molecule has 0 radical (unpaired) electrons. The molecular weight excluding hydrogens is 344 g/mol. The third-order valence-electron chi connectivity index (χ3n) is 2.59. The van der Waals surface area contributed by atoms with E-state index >= 15 is 0 Å². The van der Waals surface area contributed by atoms with Gasteiger partial charge in [-0.2, -0.15) is 0 Å². The Morgan fingerprint density at radius 3 is 1.91 bits per heavy atom. The Morgan fingerprint density at radius 2 is 1.57 bits per heavy atom. The molecule has 23 heavy (non-hydrogen) atoms. The number of rotatable bonds is 2. The second kappa shape index (κ2) is 6.23. The van der Waals surface area contributed by atoms with E-state index in [0.29, 0.717) is 6.26 Å². The Labute approximate surface area is 134 Å². The van der Waals surface area contributed by atoms with Crippen LogP contribution in [0.2, 0.25) is 0 Å². The SMILES string of the molecule is CC(C)(C)C(=O)Oc1ccc(S(=O)(=O)C(=[N+]=[N-])S(C)(=O)=O)cc1. The predicted molar refractivity (Wildman–Crippen MR) is 82.2 cm³/mol. The average Bonchev–Trinajstić information content (AvgIpc) is 2.36. The lowest BCUT2D eigenvalue weighted by molar-refractivity contribution is -0.143. The van der Waals surface area contributed by atoms with Gasteiger partial charge >= 0.3 is 10.3 Å². The van der Waals surface area contributed by atoms with Crippen molar-refractivity contribution in [2.45, 2.75) is 25.7 Å². The number of sulfone groups is 2. The Balaban J connectivity index is 3.20. The van der Waals surface area contributed by atoms with Gasteiger partial charge in [-0.15, -0.1) is 4.79 Å². The molecule has 0 aliphatic heterocycles. The van der Waals surface area contributed by atoms with Gasteiger partial charge in [-0.05, 0) is 45.0 Å². The number of nitrogens with zero attached hydrogens (tertiary/aromatic N) is 2. The molecule has 0 unspecified atom stereocenters. The number of carbonyl (C=O) groups is 1. The molecule has 0 aliphatic carbocycles. The Kier molecular flexibility index (Phi) is 5.15. The monoisotopic (exact) mass is 360 g/mol. The smallest absolute Gasteiger partial charge is 0.426 e. The Morgan fingerprint density at radius 1 is 1.09 bits per heavy atom. The van der Waals surface area contributed by atoms with E-state index in [4.69, 9.17) is 10.3 Å². The van der Waals surface area contributed by atoms with Crippen LogP contribution in [0.15, 0.2) is 29.2 Å². The molecule has 126 valence electrons. The number of esters is 1. The van der Waals surface area contributed by atoms with Crippen LogP contribution in [-0.4, -0.2) is 38.2 Å². The average molecular weight is 360 g/mol. The minimum atomic E-state index is -4.51. The van der Waals surface area contributed by atoms with Gasteiger partial charge in [0.25, 0.3) is 19.7 Å². The van der Waals surface area contributed by atoms with Crippen LogP contribution in [0.1, 0.15) is 20.8 Å². The molecule has 0 bridgehead atoms. The Bertz CT molecular complexity index is 871. The fraction of sp³-hybridized carbons (Fsp3) is 0.385. The summed E-state index contributed by atoms with van der Waals surface area (Å²) in [4.78, 5) is 13.7. The molecule has 10 heteroatoms. The zero-order valence-corrected chi connectivity index (χ0v) is 14.6. The lowest BCUT2D eigenvalue weighted by Crippen LogP contribution is -2.26. The van der Waals surface area contributed by atoms with E-state index in [-0.39, 0.29) is 5.75 Å². The molecule has 0 saturated carbocycles. The second-order valence-corrected chi connectivity index (χ2v) is 9.81. The first-order chi connectivity index (χ1) is 10.3. The van der Waals surface area contributed by atoms with Crippen LogP contribution in [0.5, 0.6) is 5.75 Å². The fourth-order valence-corrected chi connectivity index (χ4v) is 4.21. The zero-order valence-electron chi connectivity index (χ0n) is 13.0. The van der Waals surface area contributed by atoms with Crippen molar-refractivity contribution in [1.29, 1.82) is 0 Å². The van der Waals surface area contributed by atoms with Crippen LogP contribution in [0.4, 0.5) is 0 Å². The first-order valence-electron chi connectivity index (χ1n) is 6.29. The van der Waals surface area contributed by atoms with Crippen molar-refractivity contribution in [3.8, 4) is 5.75 Å². The molecule has 1 rings (SSSR count). The van der Waals surface area contributed by atoms with E-state index in [0.717, 1.165) is 12.1 Å². The van der Waals surface area contributed by atoms with Crippen LogP contribution in [0.3, 0.4) is 0 Å². The molecule has 0 heterocycles. The second-order valence-electron chi connectivity index (χ2n) is 5.75. The molecule has 0 aromatic heterocycles. The van der Waals surface area contributed by atoms with E-state index in [1.165, 1.54) is 12.1 Å². The highest BCUT2D eigenvalue weighted by Gasteiger charge is 2.39. The standard InChI is InChI=1S/C13H16N2O6S2/c1-13(2,3)11(16)21-9-5-7-10(8-6-9)23(19,20)12(15-14)22(4,17)18/h5-8H,1-4H3. The van der Waals surface area contributed by atoms with Crippen molar-refractivity contribution < 1.29 is 31.2 Å². The minimum absolute atomic E-state index is 0.103. The molecule has 8 nitrogen and oxygen atoms in total. The van der Waals surface area contributed by atoms with E-state index in [9.17, 15) is 21.6 Å². The third kappa shape index (κ3) is 4.47. The van der Waals surface area contributed by atoms with E-state index in [1.54, 1.807) is 20.8 Å². The van der Waals surface area contributed by atoms with Crippen LogP contribution in [0, 0.1) is 5.41 Å². The van der Waals surface area contributed by atoms with Crippen molar-refractivity contribution in [2.75, 3.05) is 6.26 Å². The highest BCUT2D eigenvalue weighted by atomic mass is 32.3. The van der Waals surface area contributed by atoms with E-state index in [1.807, 2.05) is 0 Å². The van der Waals surface area contributed by atoms with Gasteiger partial charge in [-0.25, -0.2) is 16.8 Å². The van der Waals surface area contributed by atoms with Gasteiger partial charge in [0.1, 0.15) is 5.75 Å². The van der Waals surface area contributed by atoms with Gasteiger partial charge in [0.2, 0.25) is 0 Å². The maximum Gasteiger partial charge on any atom is 0.499 e. The summed E-state index contributed by atoms with van der Waals surface area (Å²) >= 11 is 0. The summed E-state index contributed by atoms with van der Waals surface area (Å²) in [6.07, 6.45) is 0.610. The van der Waals surface area contributed by atoms with Crippen molar-refractivity contribution in [2.24, 2.45) is 5.41 Å². The van der Waals surface area contributed by atoms with Crippen LogP contribution in [-0.2, 0) is 24.5 Å². The largest absolute Gasteiger partial charge is 0.499 e. The quantitative estimate of drug-likeness (QED) is 0.193. The summed E-state index contributed by atoms with van der Waals surface area (Å²) in [6.45, 7) is 4.97. The molecular formula is C13H16N2O6S2. The number of ether oxygens (including phenoxy) is 1. The van der Waals surface area contributed by atoms with Gasteiger partial charge < -0.3 is 10.3 Å². The summed E-state index contributed by atoms with van der Waals surface area (Å²) in [5.74, 6) is -0.410. The molecule has 1 aromatic rings. The normalized spacial score (nSPS) is 12.3. The molecule has 0 aliphatic rings. The van der Waals surface area contributed by atoms with Crippen molar-refractivity contribution >= 4 is 30.0 Å². The van der Waals surface area contributed by atoms with Gasteiger partial charge in [-0.3, -0.25) is 4.79 Å². The first kappa shape index (κ1) is 19.0. The summed E-state index contributed by atoms with van der Waals surface area (Å²) in [6, 6.07) is 4.51. The summed E-state index contributed by atoms with van der Waals surface area (Å²) in [5, 5.41) is 0. The molecule has 1 aromatic carbocycles. The van der Waals surface area contributed by atoms with Crippen molar-refractivity contribution in [3.05, 3.63) is 29.8 Å². The highest BCUT2D eigenvalue weighted by Crippen LogP contribution is 2.22. The lowest BCUT2D eigenvalue weighted by atomic mass is 9.97. The van der Waals surface area contributed by atoms with E-state index in [2.05, 4.69) is 4.79 Å². The molecule has 0 saturated heterocycles. The van der Waals surface area contributed by atoms with Crippen LogP contribution >= 0.6 is 0 Å². The number of hydrogen-bond donors (Lipinski definition) is 0. The lowest BCUT2D eigenvalue weighted by Gasteiger charge is -2.16. The first-order valence-corrected chi connectivity index (χ1v) is 9.67. The van der Waals surface area contributed by atoms with Gasteiger partial charge in [0.15, 0.2) is 0 Å². The molecule has 0 atom stereocenters. The number of benzene rings is 1. The third-order valence-corrected chi connectivity index (χ3v) is 6.30. The molecule has 0 spiro atoms. The van der Waals surface area contributed by atoms with Gasteiger partial charge in [0, 0.05) is 0 Å². The minimum Gasteiger partial charge on any atom is -0.426 e. The topological polar surface area (TPSA) is 131 Å². The number of hydrogen-bond acceptors (Lipinski definition) is 6. The van der Waals surface area contributed by atoms with Crippen molar-refractivity contribution in [3.63, 3.8) is 0 Å². The van der Waals surface area contributed by atoms with Gasteiger partial charge in [-0.1, -0.05) is 0 Å². The van der Waals surface area contributed by atoms with Gasteiger partial charge in [0.05, 0.1) is 16.6 Å². The summed E-state index contributed by atoms with van der Waals surface area (Å²) < 4.78 is 50.7. The summed E-state index contributed by atoms with van der Waals surface area (Å²) in [5.41, 5.74) is 7.94. The fourth-order valence-electron chi connectivity index (χ4n) is 1.37. The molecule has 0 amide bonds. The number of carbonyl (C=O) groups excluding carboxylic acids is 1. The highest BCUT2D eigenvalue weighted by molar-refractivity contribution is 8.30. The molecule has 0 N–H and O–H groups in total. The van der Waals surface area contributed by atoms with E-state index < -0.39 is 40.3 Å². The maximum absolute atomic E-state index is 12.1. The maximum atomic E-state index is 12.1. The zero-order chi connectivity index (χ0) is 18.1. The predicted octanol–water partition coefficient (Wildman–Crippen LogP) is 1.04. The van der Waals surface area contributed by atoms with Crippen LogP contribution < -0.4 is 4.74 Å². The van der Waals surface area contributed by atoms with Crippen molar-refractivity contribution in [1.82, 2.24) is 0 Å². The Hall–Kier alpha value is -2.03. The molecule has 0 fully saturated rings. The van der Waals surface area contributed by atoms with Crippen LogP contribution in [0.25, 0.3) is 5.53 Å². The summed E-state index contributed by atoms with van der Waals surface area (Å²) in [7, 11) is -8.75.